The lowest BCUT2D eigenvalue weighted by molar-refractivity contribution is -0.119. The van der Waals surface area contributed by atoms with Gasteiger partial charge in [0.1, 0.15) is 5.75 Å². The molecule has 1 aromatic heterocycles. The lowest BCUT2D eigenvalue weighted by Gasteiger charge is -2.16. The maximum absolute atomic E-state index is 12.4. The molecule has 1 unspecified atom stereocenters. The van der Waals surface area contributed by atoms with E-state index in [1.807, 2.05) is 31.2 Å². The number of alkyl halides is 2. The molecule has 1 amide bonds. The van der Waals surface area contributed by atoms with E-state index in [1.165, 1.54) is 23.1 Å². The molecule has 0 bridgehead atoms. The summed E-state index contributed by atoms with van der Waals surface area (Å²) in [6, 6.07) is 14.0. The smallest absolute Gasteiger partial charge is 0.288 e. The zero-order chi connectivity index (χ0) is 22.2. The fourth-order valence-corrected chi connectivity index (χ4v) is 4.76. The van der Waals surface area contributed by atoms with Gasteiger partial charge in [-0.25, -0.2) is 0 Å². The van der Waals surface area contributed by atoms with E-state index in [-0.39, 0.29) is 17.7 Å². The maximum atomic E-state index is 12.4. The molecule has 2 aromatic carbocycles. The number of aromatic nitrogens is 2. The molecule has 11 heteroatoms. The molecule has 3 rings (SSSR count). The molecule has 0 aliphatic heterocycles. The van der Waals surface area contributed by atoms with Crippen LogP contribution in [-0.4, -0.2) is 34.7 Å². The van der Waals surface area contributed by atoms with Gasteiger partial charge in [0.2, 0.25) is 11.0 Å². The summed E-state index contributed by atoms with van der Waals surface area (Å²) in [6.07, 6.45) is 0. The van der Waals surface area contributed by atoms with Crippen LogP contribution in [0, 0.1) is 0 Å². The fourth-order valence-electron chi connectivity index (χ4n) is 2.67. The van der Waals surface area contributed by atoms with Crippen LogP contribution in [-0.2, 0) is 4.79 Å². The predicted octanol–water partition coefficient (Wildman–Crippen LogP) is 5.57. The summed E-state index contributed by atoms with van der Waals surface area (Å²) in [5.74, 6) is -1.64. The van der Waals surface area contributed by atoms with Crippen molar-refractivity contribution in [1.29, 1.82) is 0 Å². The summed E-state index contributed by atoms with van der Waals surface area (Å²) in [4.78, 5) is 12.8. The molecule has 1 heterocycles. The number of para-hydroxylation sites is 1. The number of thioether (sulfide) groups is 2. The Morgan fingerprint density at radius 1 is 1.16 bits per heavy atom. The average Bonchev–Trinajstić information content (AvgIpc) is 3.20. The Morgan fingerprint density at radius 3 is 2.61 bits per heavy atom. The Morgan fingerprint density at radius 2 is 1.90 bits per heavy atom. The van der Waals surface area contributed by atoms with E-state index in [0.717, 1.165) is 17.0 Å². The van der Waals surface area contributed by atoms with Gasteiger partial charge in [-0.2, -0.15) is 8.78 Å². The second kappa shape index (κ2) is 11.3. The van der Waals surface area contributed by atoms with Crippen LogP contribution in [0.15, 0.2) is 57.8 Å². The molecular weight excluding hydrogens is 462 g/mol. The summed E-state index contributed by atoms with van der Waals surface area (Å²) in [5.41, 5.74) is 1.62. The van der Waals surface area contributed by atoms with Crippen LogP contribution in [0.5, 0.6) is 5.75 Å². The molecule has 0 aliphatic rings. The maximum Gasteiger partial charge on any atom is 0.288 e. The molecule has 0 radical (unpaired) electrons. The summed E-state index contributed by atoms with van der Waals surface area (Å²) >= 11 is 3.10. The van der Waals surface area contributed by atoms with E-state index in [0.29, 0.717) is 26.1 Å². The minimum absolute atomic E-state index is 0.125. The van der Waals surface area contributed by atoms with Crippen LogP contribution >= 0.6 is 34.9 Å². The van der Waals surface area contributed by atoms with E-state index in [1.54, 1.807) is 31.4 Å². The number of methoxy groups -OCH3 is 1. The lowest BCUT2D eigenvalue weighted by Crippen LogP contribution is -2.28. The van der Waals surface area contributed by atoms with Gasteiger partial charge < -0.3 is 15.4 Å². The Hall–Kier alpha value is -2.37. The third kappa shape index (κ3) is 7.08. The molecule has 0 aliphatic carbocycles. The van der Waals surface area contributed by atoms with Gasteiger partial charge in [0.15, 0.2) is 4.34 Å². The normalized spacial score (nSPS) is 11.9. The van der Waals surface area contributed by atoms with Crippen molar-refractivity contribution >= 4 is 51.6 Å². The highest BCUT2D eigenvalue weighted by atomic mass is 32.2. The van der Waals surface area contributed by atoms with Crippen molar-refractivity contribution in [2.24, 2.45) is 0 Å². The number of halogens is 2. The number of benzene rings is 2. The molecule has 164 valence electrons. The Bertz CT molecular complexity index is 1000. The minimum atomic E-state index is -2.45. The summed E-state index contributed by atoms with van der Waals surface area (Å²) in [6.45, 7) is 1.90. The lowest BCUT2D eigenvalue weighted by atomic mass is 10.1. The van der Waals surface area contributed by atoms with Crippen molar-refractivity contribution in [1.82, 2.24) is 15.5 Å². The molecule has 0 saturated carbocycles. The monoisotopic (exact) mass is 482 g/mol. The number of carbonyl (C=O) groups is 1. The standard InChI is InChI=1S/C20H20F2N4O2S3/c1-12(15-5-3-4-6-16(15)28-2)23-17(27)11-29-20-26-25-19(31-20)24-13-7-9-14(10-8-13)30-18(21)22/h3-10,12,18H,11H2,1-2H3,(H,23,27)(H,24,25). The van der Waals surface area contributed by atoms with E-state index in [2.05, 4.69) is 20.8 Å². The van der Waals surface area contributed by atoms with Crippen LogP contribution in [0.4, 0.5) is 19.6 Å². The van der Waals surface area contributed by atoms with Crippen molar-refractivity contribution in [3.8, 4) is 5.75 Å². The van der Waals surface area contributed by atoms with Crippen molar-refractivity contribution in [3.63, 3.8) is 0 Å². The van der Waals surface area contributed by atoms with E-state index in [9.17, 15) is 13.6 Å². The number of nitrogens with zero attached hydrogens (tertiary/aromatic N) is 2. The quantitative estimate of drug-likeness (QED) is 0.366. The Balaban J connectivity index is 1.49. The second-order valence-corrected chi connectivity index (χ2v) is 9.48. The molecule has 0 fully saturated rings. The second-order valence-electron chi connectivity index (χ2n) is 6.22. The van der Waals surface area contributed by atoms with Gasteiger partial charge >= 0.3 is 0 Å². The Labute approximate surface area is 191 Å². The van der Waals surface area contributed by atoms with E-state index < -0.39 is 5.76 Å². The number of anilines is 2. The average molecular weight is 483 g/mol. The third-order valence-corrected chi connectivity index (χ3v) is 6.74. The van der Waals surface area contributed by atoms with Gasteiger partial charge in [-0.1, -0.05) is 53.1 Å². The van der Waals surface area contributed by atoms with Gasteiger partial charge in [-0.15, -0.1) is 10.2 Å². The predicted molar refractivity (Wildman–Crippen MR) is 122 cm³/mol. The zero-order valence-corrected chi connectivity index (χ0v) is 19.1. The SMILES string of the molecule is COc1ccccc1C(C)NC(=O)CSc1nnc(Nc2ccc(SC(F)F)cc2)s1. The molecule has 2 N–H and O–H groups in total. The number of nitrogens with one attached hydrogen (secondary N) is 2. The highest BCUT2D eigenvalue weighted by molar-refractivity contribution is 8.01. The van der Waals surface area contributed by atoms with Gasteiger partial charge in [0.05, 0.1) is 18.9 Å². The van der Waals surface area contributed by atoms with Crippen LogP contribution in [0.25, 0.3) is 0 Å². The number of amides is 1. The largest absolute Gasteiger partial charge is 0.496 e. The number of carbonyl (C=O) groups excluding carboxylic acids is 1. The third-order valence-electron chi connectivity index (χ3n) is 4.05. The van der Waals surface area contributed by atoms with Crippen LogP contribution in [0.2, 0.25) is 0 Å². The first-order chi connectivity index (χ1) is 14.9. The fraction of sp³-hybridized carbons (Fsp3) is 0.250. The zero-order valence-electron chi connectivity index (χ0n) is 16.7. The molecule has 3 aromatic rings. The van der Waals surface area contributed by atoms with Crippen molar-refractivity contribution in [2.75, 3.05) is 18.2 Å². The first-order valence-electron chi connectivity index (χ1n) is 9.15. The first-order valence-corrected chi connectivity index (χ1v) is 11.8. The summed E-state index contributed by atoms with van der Waals surface area (Å²) in [5, 5.41) is 14.7. The number of hydrogen-bond donors (Lipinski definition) is 2. The molecule has 0 spiro atoms. The van der Waals surface area contributed by atoms with Gasteiger partial charge in [0, 0.05) is 16.1 Å². The van der Waals surface area contributed by atoms with Crippen LogP contribution in [0.1, 0.15) is 18.5 Å². The van der Waals surface area contributed by atoms with Gasteiger partial charge in [-0.05, 0) is 37.3 Å². The van der Waals surface area contributed by atoms with Gasteiger partial charge in [-0.3, -0.25) is 4.79 Å². The van der Waals surface area contributed by atoms with Crippen molar-refractivity contribution in [3.05, 3.63) is 54.1 Å². The van der Waals surface area contributed by atoms with E-state index in [4.69, 9.17) is 4.74 Å². The van der Waals surface area contributed by atoms with Crippen molar-refractivity contribution in [2.45, 2.75) is 28.0 Å². The molecule has 1 atom stereocenters. The summed E-state index contributed by atoms with van der Waals surface area (Å²) in [7, 11) is 1.60. The summed E-state index contributed by atoms with van der Waals surface area (Å²) < 4.78 is 30.8. The van der Waals surface area contributed by atoms with Crippen molar-refractivity contribution < 1.29 is 18.3 Å². The topological polar surface area (TPSA) is 76.1 Å². The number of ether oxygens (including phenoxy) is 1. The Kier molecular flexibility index (Phi) is 8.50. The number of hydrogen-bond acceptors (Lipinski definition) is 8. The molecular formula is C20H20F2N4O2S3. The molecule has 31 heavy (non-hydrogen) atoms. The molecule has 0 saturated heterocycles. The van der Waals surface area contributed by atoms with Gasteiger partial charge in [0.25, 0.3) is 5.76 Å². The minimum Gasteiger partial charge on any atom is -0.496 e. The highest BCUT2D eigenvalue weighted by Crippen LogP contribution is 2.30. The van der Waals surface area contributed by atoms with Crippen LogP contribution < -0.4 is 15.4 Å². The van der Waals surface area contributed by atoms with Crippen LogP contribution in [0.3, 0.4) is 0 Å². The first kappa shape index (κ1) is 23.3. The van der Waals surface area contributed by atoms with E-state index >= 15 is 0 Å². The highest BCUT2D eigenvalue weighted by Gasteiger charge is 2.15. The molecule has 6 nitrogen and oxygen atoms in total. The number of rotatable bonds is 10.